The number of carbonyl (C=O) groups is 1. The number of benzene rings is 2. The predicted octanol–water partition coefficient (Wildman–Crippen LogP) is 3.30. The van der Waals surface area contributed by atoms with Crippen LogP contribution in [-0.2, 0) is 21.2 Å². The van der Waals surface area contributed by atoms with Crippen LogP contribution in [0.3, 0.4) is 0 Å². The summed E-state index contributed by atoms with van der Waals surface area (Å²) in [6.07, 6.45) is 1.69. The minimum Gasteiger partial charge on any atom is -0.494 e. The van der Waals surface area contributed by atoms with Crippen molar-refractivity contribution in [1.82, 2.24) is 9.71 Å². The summed E-state index contributed by atoms with van der Waals surface area (Å²) in [4.78, 5) is 14.8. The molecule has 1 unspecified atom stereocenters. The van der Waals surface area contributed by atoms with Gasteiger partial charge in [0, 0.05) is 28.0 Å². The van der Waals surface area contributed by atoms with Crippen LogP contribution < -0.4 is 9.46 Å². The number of aromatic amines is 1. The van der Waals surface area contributed by atoms with Crippen molar-refractivity contribution in [2.24, 2.45) is 0 Å². The number of aromatic nitrogens is 1. The Morgan fingerprint density at radius 1 is 1.25 bits per heavy atom. The lowest BCUT2D eigenvalue weighted by Gasteiger charge is -2.15. The summed E-state index contributed by atoms with van der Waals surface area (Å²) in [5, 5.41) is 10.4. The monoisotopic (exact) mass is 466 g/mol. The molecule has 0 saturated carbocycles. The van der Waals surface area contributed by atoms with Gasteiger partial charge in [0.15, 0.2) is 0 Å². The number of sulfonamides is 1. The molecule has 0 saturated heterocycles. The first-order valence-electron chi connectivity index (χ1n) is 8.53. The summed E-state index contributed by atoms with van der Waals surface area (Å²) in [6, 6.07) is 10.1. The van der Waals surface area contributed by atoms with Crippen molar-refractivity contribution in [2.45, 2.75) is 24.3 Å². The maximum absolute atomic E-state index is 12.6. The zero-order chi connectivity index (χ0) is 20.3. The van der Waals surface area contributed by atoms with Gasteiger partial charge in [-0.1, -0.05) is 15.9 Å². The molecule has 2 aromatic carbocycles. The van der Waals surface area contributed by atoms with Crippen molar-refractivity contribution >= 4 is 42.8 Å². The number of aliphatic carboxylic acids is 1. The van der Waals surface area contributed by atoms with Crippen molar-refractivity contribution in [3.63, 3.8) is 0 Å². The van der Waals surface area contributed by atoms with E-state index in [-0.39, 0.29) is 11.3 Å². The first-order chi connectivity index (χ1) is 13.3. The van der Waals surface area contributed by atoms with Gasteiger partial charge in [-0.2, -0.15) is 4.72 Å². The summed E-state index contributed by atoms with van der Waals surface area (Å²) in [6.45, 7) is 2.29. The van der Waals surface area contributed by atoms with Crippen molar-refractivity contribution in [1.29, 1.82) is 0 Å². The normalized spacial score (nSPS) is 12.8. The number of rotatable bonds is 8. The van der Waals surface area contributed by atoms with Crippen LogP contribution in [0.25, 0.3) is 10.9 Å². The molecule has 1 heterocycles. The lowest BCUT2D eigenvalue weighted by atomic mass is 10.1. The molecular weight excluding hydrogens is 448 g/mol. The van der Waals surface area contributed by atoms with Crippen LogP contribution in [0.1, 0.15) is 12.5 Å². The zero-order valence-corrected chi connectivity index (χ0v) is 17.4. The average molecular weight is 467 g/mol. The van der Waals surface area contributed by atoms with Crippen LogP contribution >= 0.6 is 15.9 Å². The van der Waals surface area contributed by atoms with E-state index in [0.717, 1.165) is 15.4 Å². The largest absolute Gasteiger partial charge is 0.494 e. The molecule has 3 N–H and O–H groups in total. The Hall–Kier alpha value is -2.36. The number of nitrogens with one attached hydrogen (secondary N) is 2. The van der Waals surface area contributed by atoms with Crippen molar-refractivity contribution in [2.75, 3.05) is 6.61 Å². The summed E-state index contributed by atoms with van der Waals surface area (Å²) in [5.41, 5.74) is 1.55. The molecule has 1 atom stereocenters. The predicted molar refractivity (Wildman–Crippen MR) is 109 cm³/mol. The number of carboxylic acid groups (broad SMARTS) is 1. The second-order valence-corrected chi connectivity index (χ2v) is 8.75. The van der Waals surface area contributed by atoms with Gasteiger partial charge in [-0.25, -0.2) is 8.42 Å². The highest BCUT2D eigenvalue weighted by molar-refractivity contribution is 9.10. The summed E-state index contributed by atoms with van der Waals surface area (Å²) in [5.74, 6) is -0.709. The van der Waals surface area contributed by atoms with Crippen LogP contribution in [-0.4, -0.2) is 37.1 Å². The molecule has 7 nitrogen and oxygen atoms in total. The number of hydrogen-bond acceptors (Lipinski definition) is 4. The minimum atomic E-state index is -4.01. The van der Waals surface area contributed by atoms with E-state index < -0.39 is 22.0 Å². The standard InChI is InChI=1S/C19H19BrN2O5S/c1-2-27-14-4-6-15(7-5-14)28(25,26)22-18(19(23)24)9-12-11-21-17-8-3-13(20)10-16(12)17/h3-8,10-11,18,21-22H,2,9H2,1H3,(H,23,24). The topological polar surface area (TPSA) is 108 Å². The number of halogens is 1. The highest BCUT2D eigenvalue weighted by Gasteiger charge is 2.26. The average Bonchev–Trinajstić information content (AvgIpc) is 3.03. The van der Waals surface area contributed by atoms with E-state index in [1.165, 1.54) is 24.3 Å². The molecule has 0 fully saturated rings. The number of hydrogen-bond donors (Lipinski definition) is 3. The first kappa shape index (κ1) is 20.4. The Morgan fingerprint density at radius 2 is 1.96 bits per heavy atom. The van der Waals surface area contributed by atoms with Gasteiger partial charge in [0.25, 0.3) is 0 Å². The highest BCUT2D eigenvalue weighted by Crippen LogP contribution is 2.24. The van der Waals surface area contributed by atoms with E-state index in [1.807, 2.05) is 25.1 Å². The lowest BCUT2D eigenvalue weighted by Crippen LogP contribution is -2.42. The van der Waals surface area contributed by atoms with E-state index in [4.69, 9.17) is 4.74 Å². The van der Waals surface area contributed by atoms with E-state index in [9.17, 15) is 18.3 Å². The molecule has 0 amide bonds. The molecule has 3 aromatic rings. The van der Waals surface area contributed by atoms with Crippen LogP contribution in [0.15, 0.2) is 58.0 Å². The third kappa shape index (κ3) is 4.54. The van der Waals surface area contributed by atoms with E-state index >= 15 is 0 Å². The summed E-state index contributed by atoms with van der Waals surface area (Å²) in [7, 11) is -4.01. The Bertz CT molecular complexity index is 1090. The van der Waals surface area contributed by atoms with Gasteiger partial charge in [-0.3, -0.25) is 4.79 Å². The maximum atomic E-state index is 12.6. The molecular formula is C19H19BrN2O5S. The van der Waals surface area contributed by atoms with Crippen LogP contribution in [0.5, 0.6) is 5.75 Å². The lowest BCUT2D eigenvalue weighted by molar-refractivity contribution is -0.138. The number of H-pyrrole nitrogens is 1. The fourth-order valence-corrected chi connectivity index (χ4v) is 4.41. The number of fused-ring (bicyclic) bond motifs is 1. The molecule has 28 heavy (non-hydrogen) atoms. The van der Waals surface area contributed by atoms with Gasteiger partial charge < -0.3 is 14.8 Å². The summed E-state index contributed by atoms with van der Waals surface area (Å²) >= 11 is 3.39. The van der Waals surface area contributed by atoms with Gasteiger partial charge >= 0.3 is 5.97 Å². The molecule has 0 aliphatic heterocycles. The van der Waals surface area contributed by atoms with Crippen LogP contribution in [0, 0.1) is 0 Å². The van der Waals surface area contributed by atoms with Gasteiger partial charge in [0.1, 0.15) is 11.8 Å². The molecule has 0 aliphatic carbocycles. The third-order valence-electron chi connectivity index (χ3n) is 4.19. The number of carboxylic acids is 1. The molecule has 148 valence electrons. The van der Waals surface area contributed by atoms with E-state index in [0.29, 0.717) is 17.9 Å². The molecule has 0 bridgehead atoms. The first-order valence-corrected chi connectivity index (χ1v) is 10.8. The van der Waals surface area contributed by atoms with Gasteiger partial charge in [-0.15, -0.1) is 0 Å². The van der Waals surface area contributed by atoms with Gasteiger partial charge in [0.2, 0.25) is 10.0 Å². The van der Waals surface area contributed by atoms with Gasteiger partial charge in [0.05, 0.1) is 11.5 Å². The quantitative estimate of drug-likeness (QED) is 0.471. The van der Waals surface area contributed by atoms with Crippen molar-refractivity contribution in [3.8, 4) is 5.75 Å². The SMILES string of the molecule is CCOc1ccc(S(=O)(=O)NC(Cc2c[nH]c3ccc(Br)cc23)C(=O)O)cc1. The van der Waals surface area contributed by atoms with Gasteiger partial charge in [-0.05, 0) is 55.0 Å². The number of ether oxygens (including phenoxy) is 1. The molecule has 0 spiro atoms. The fourth-order valence-electron chi connectivity index (χ4n) is 2.86. The molecule has 9 heteroatoms. The highest BCUT2D eigenvalue weighted by atomic mass is 79.9. The van der Waals surface area contributed by atoms with Crippen molar-refractivity contribution in [3.05, 3.63) is 58.7 Å². The molecule has 1 aromatic heterocycles. The Kier molecular flexibility index (Phi) is 6.07. The fraction of sp³-hybridized carbons (Fsp3) is 0.211. The molecule has 0 radical (unpaired) electrons. The Labute approximate surface area is 170 Å². The van der Waals surface area contributed by atoms with E-state index in [2.05, 4.69) is 25.6 Å². The second-order valence-electron chi connectivity index (χ2n) is 6.12. The van der Waals surface area contributed by atoms with Crippen molar-refractivity contribution < 1.29 is 23.1 Å². The third-order valence-corrected chi connectivity index (χ3v) is 6.17. The Balaban J connectivity index is 1.83. The zero-order valence-electron chi connectivity index (χ0n) is 15.0. The molecule has 3 rings (SSSR count). The van der Waals surface area contributed by atoms with E-state index in [1.54, 1.807) is 6.20 Å². The second kappa shape index (κ2) is 8.34. The maximum Gasteiger partial charge on any atom is 0.322 e. The smallest absolute Gasteiger partial charge is 0.322 e. The minimum absolute atomic E-state index is 0.00203. The van der Waals surface area contributed by atoms with Crippen LogP contribution in [0.2, 0.25) is 0 Å². The molecule has 0 aliphatic rings. The Morgan fingerprint density at radius 3 is 2.61 bits per heavy atom. The van der Waals surface area contributed by atoms with Crippen LogP contribution in [0.4, 0.5) is 0 Å². The summed E-state index contributed by atoms with van der Waals surface area (Å²) < 4.78 is 33.7.